The van der Waals surface area contributed by atoms with Gasteiger partial charge in [0.2, 0.25) is 0 Å². The van der Waals surface area contributed by atoms with Crippen molar-refractivity contribution in [2.45, 2.75) is 0 Å². The number of fused-ring (bicyclic) bond motifs is 5. The van der Waals surface area contributed by atoms with Crippen LogP contribution in [0.2, 0.25) is 0 Å². The maximum absolute atomic E-state index is 6.36. The molecule has 45 heavy (non-hydrogen) atoms. The second kappa shape index (κ2) is 10.2. The molecule has 9 rings (SSSR count). The number of nitrogens with zero attached hydrogens (tertiary/aromatic N) is 4. The minimum Gasteiger partial charge on any atom is -0.456 e. The van der Waals surface area contributed by atoms with Gasteiger partial charge in [-0.25, -0.2) is 15.0 Å². The number of hydrogen-bond acceptors (Lipinski definition) is 5. The fraction of sp³-hybridized carbons (Fsp3) is 0. The lowest BCUT2D eigenvalue weighted by atomic mass is 9.93. The highest BCUT2D eigenvalue weighted by molar-refractivity contribution is 6.17. The Morgan fingerprint density at radius 2 is 1.11 bits per heavy atom. The van der Waals surface area contributed by atoms with Crippen molar-refractivity contribution < 1.29 is 4.42 Å². The van der Waals surface area contributed by atoms with Crippen molar-refractivity contribution in [3.63, 3.8) is 0 Å². The Kier molecular flexibility index (Phi) is 5.74. The summed E-state index contributed by atoms with van der Waals surface area (Å²) in [5.41, 5.74) is 6.84. The molecule has 0 aliphatic heterocycles. The van der Waals surface area contributed by atoms with Gasteiger partial charge in [-0.15, -0.1) is 0 Å². The van der Waals surface area contributed by atoms with E-state index in [4.69, 9.17) is 19.4 Å². The van der Waals surface area contributed by atoms with Crippen LogP contribution in [-0.4, -0.2) is 19.9 Å². The summed E-state index contributed by atoms with van der Waals surface area (Å²) in [6, 6.07) is 45.6. The summed E-state index contributed by atoms with van der Waals surface area (Å²) in [5.74, 6) is 1.93. The van der Waals surface area contributed by atoms with Crippen LogP contribution in [0.5, 0.6) is 0 Å². The standard InChI is InChI=1S/C40H24N4O/c1-3-9-25(10-4-1)38-42-39(26-11-5-2-6-12-26)44-40(43-38)29-17-18-31-28(21-29)13-7-14-32(31)33-15-8-16-35-37(33)34-22-30-24-41-20-19-27(30)23-36(34)45-35/h1-24H. The van der Waals surface area contributed by atoms with E-state index in [1.54, 1.807) is 0 Å². The molecule has 5 heteroatoms. The van der Waals surface area contributed by atoms with E-state index in [-0.39, 0.29) is 0 Å². The molecule has 0 aliphatic carbocycles. The van der Waals surface area contributed by atoms with E-state index in [0.29, 0.717) is 17.5 Å². The van der Waals surface area contributed by atoms with Gasteiger partial charge >= 0.3 is 0 Å². The molecule has 0 amide bonds. The highest BCUT2D eigenvalue weighted by atomic mass is 16.3. The molecule has 9 aromatic rings. The fourth-order valence-corrected chi connectivity index (χ4v) is 6.23. The van der Waals surface area contributed by atoms with Gasteiger partial charge in [-0.05, 0) is 57.6 Å². The highest BCUT2D eigenvalue weighted by Gasteiger charge is 2.17. The second-order valence-corrected chi connectivity index (χ2v) is 11.1. The highest BCUT2D eigenvalue weighted by Crippen LogP contribution is 2.41. The van der Waals surface area contributed by atoms with Crippen LogP contribution in [0.15, 0.2) is 150 Å². The summed E-state index contributed by atoms with van der Waals surface area (Å²) in [7, 11) is 0. The van der Waals surface area contributed by atoms with E-state index >= 15 is 0 Å². The third kappa shape index (κ3) is 4.33. The topological polar surface area (TPSA) is 64.7 Å². The van der Waals surface area contributed by atoms with Crippen molar-refractivity contribution in [1.29, 1.82) is 0 Å². The minimum atomic E-state index is 0.637. The first-order valence-electron chi connectivity index (χ1n) is 14.9. The van der Waals surface area contributed by atoms with Crippen LogP contribution in [0.4, 0.5) is 0 Å². The first-order chi connectivity index (χ1) is 22.3. The largest absolute Gasteiger partial charge is 0.456 e. The second-order valence-electron chi connectivity index (χ2n) is 11.1. The lowest BCUT2D eigenvalue weighted by molar-refractivity contribution is 0.669. The Morgan fingerprint density at radius 1 is 0.422 bits per heavy atom. The molecule has 3 aromatic heterocycles. The molecule has 3 heterocycles. The van der Waals surface area contributed by atoms with Gasteiger partial charge in [-0.2, -0.15) is 0 Å². The van der Waals surface area contributed by atoms with Crippen LogP contribution in [-0.2, 0) is 0 Å². The Morgan fingerprint density at radius 3 is 1.87 bits per heavy atom. The SMILES string of the molecule is c1ccc(-c2nc(-c3ccccc3)nc(-c3ccc4c(-c5cccc6oc7cc8ccncc8cc7c56)cccc4c3)n2)cc1. The van der Waals surface area contributed by atoms with Gasteiger partial charge in [0.25, 0.3) is 0 Å². The molecule has 0 radical (unpaired) electrons. The number of rotatable bonds is 4. The van der Waals surface area contributed by atoms with E-state index in [0.717, 1.165) is 71.3 Å². The zero-order valence-corrected chi connectivity index (χ0v) is 24.1. The van der Waals surface area contributed by atoms with E-state index in [1.807, 2.05) is 85.2 Å². The van der Waals surface area contributed by atoms with Crippen molar-refractivity contribution in [2.24, 2.45) is 0 Å². The zero-order chi connectivity index (χ0) is 29.7. The Bertz CT molecular complexity index is 2480. The number of hydrogen-bond donors (Lipinski definition) is 0. The molecule has 5 nitrogen and oxygen atoms in total. The van der Waals surface area contributed by atoms with Gasteiger partial charge in [-0.3, -0.25) is 4.98 Å². The number of aromatic nitrogens is 4. The van der Waals surface area contributed by atoms with Crippen molar-refractivity contribution in [2.75, 3.05) is 0 Å². The predicted octanol–water partition coefficient (Wildman–Crippen LogP) is 10.1. The van der Waals surface area contributed by atoms with Gasteiger partial charge in [0.05, 0.1) is 0 Å². The third-order valence-electron chi connectivity index (χ3n) is 8.38. The van der Waals surface area contributed by atoms with Crippen LogP contribution in [0.3, 0.4) is 0 Å². The summed E-state index contributed by atoms with van der Waals surface area (Å²) in [6.07, 6.45) is 3.72. The first-order valence-corrected chi connectivity index (χ1v) is 14.9. The monoisotopic (exact) mass is 576 g/mol. The van der Waals surface area contributed by atoms with Crippen molar-refractivity contribution in [3.8, 4) is 45.3 Å². The summed E-state index contributed by atoms with van der Waals surface area (Å²) in [4.78, 5) is 19.1. The first kappa shape index (κ1) is 25.3. The van der Waals surface area contributed by atoms with Gasteiger partial charge in [0.1, 0.15) is 11.2 Å². The molecule has 0 spiro atoms. The van der Waals surface area contributed by atoms with Crippen LogP contribution in [0.25, 0.3) is 88.8 Å². The molecule has 210 valence electrons. The minimum absolute atomic E-state index is 0.637. The molecule has 0 atom stereocenters. The van der Waals surface area contributed by atoms with Crippen molar-refractivity contribution in [1.82, 2.24) is 19.9 Å². The number of pyridine rings is 1. The maximum atomic E-state index is 6.36. The van der Waals surface area contributed by atoms with Crippen LogP contribution in [0.1, 0.15) is 0 Å². The molecule has 0 saturated heterocycles. The van der Waals surface area contributed by atoms with Gasteiger partial charge in [-0.1, -0.05) is 103 Å². The molecule has 0 N–H and O–H groups in total. The molecular formula is C40H24N4O. The van der Waals surface area contributed by atoms with Crippen LogP contribution >= 0.6 is 0 Å². The molecule has 0 aliphatic rings. The average Bonchev–Trinajstić information content (AvgIpc) is 3.48. The number of benzene rings is 6. The molecule has 0 fully saturated rings. The van der Waals surface area contributed by atoms with Crippen LogP contribution in [0, 0.1) is 0 Å². The molecule has 0 bridgehead atoms. The molecule has 0 saturated carbocycles. The smallest absolute Gasteiger partial charge is 0.164 e. The normalized spacial score (nSPS) is 11.6. The molecule has 6 aromatic carbocycles. The number of furan rings is 1. The summed E-state index contributed by atoms with van der Waals surface area (Å²) in [6.45, 7) is 0. The third-order valence-corrected chi connectivity index (χ3v) is 8.38. The van der Waals surface area contributed by atoms with Gasteiger partial charge in [0, 0.05) is 45.2 Å². The maximum Gasteiger partial charge on any atom is 0.164 e. The van der Waals surface area contributed by atoms with E-state index in [2.05, 4.69) is 65.6 Å². The lowest BCUT2D eigenvalue weighted by Gasteiger charge is -2.11. The van der Waals surface area contributed by atoms with Gasteiger partial charge in [0.15, 0.2) is 17.5 Å². The Labute approximate surface area is 258 Å². The van der Waals surface area contributed by atoms with Crippen LogP contribution < -0.4 is 0 Å². The Hall–Kier alpha value is -6.20. The predicted molar refractivity (Wildman–Crippen MR) is 182 cm³/mol. The summed E-state index contributed by atoms with van der Waals surface area (Å²) in [5, 5.41) is 6.64. The zero-order valence-electron chi connectivity index (χ0n) is 24.1. The Balaban J connectivity index is 1.22. The summed E-state index contributed by atoms with van der Waals surface area (Å²) >= 11 is 0. The summed E-state index contributed by atoms with van der Waals surface area (Å²) < 4.78 is 6.36. The quantitative estimate of drug-likeness (QED) is 0.209. The van der Waals surface area contributed by atoms with E-state index in [1.165, 1.54) is 0 Å². The van der Waals surface area contributed by atoms with Gasteiger partial charge < -0.3 is 4.42 Å². The van der Waals surface area contributed by atoms with E-state index < -0.39 is 0 Å². The van der Waals surface area contributed by atoms with Crippen molar-refractivity contribution >= 4 is 43.5 Å². The average molecular weight is 577 g/mol. The van der Waals surface area contributed by atoms with E-state index in [9.17, 15) is 0 Å². The fourth-order valence-electron chi connectivity index (χ4n) is 6.23. The molecular weight excluding hydrogens is 552 g/mol. The molecule has 0 unspecified atom stereocenters. The lowest BCUT2D eigenvalue weighted by Crippen LogP contribution is -2.00. The van der Waals surface area contributed by atoms with Crippen molar-refractivity contribution in [3.05, 3.63) is 146 Å².